The second-order valence-corrected chi connectivity index (χ2v) is 8.39. The predicted molar refractivity (Wildman–Crippen MR) is 67.3 cm³/mol. The minimum absolute atomic E-state index is 0.0349. The molecule has 2 N–H and O–H groups in total. The molecule has 0 amide bonds. The Kier molecular flexibility index (Phi) is 5.42. The van der Waals surface area contributed by atoms with Gasteiger partial charge in [-0.2, -0.15) is 0 Å². The van der Waals surface area contributed by atoms with Gasteiger partial charge in [-0.05, 0) is 54.1 Å². The molecule has 0 spiro atoms. The first-order valence-corrected chi connectivity index (χ1v) is 7.26. The Bertz CT molecular complexity index is 302. The molecule has 0 heterocycles. The van der Waals surface area contributed by atoms with E-state index < -0.39 is 20.2 Å². The van der Waals surface area contributed by atoms with E-state index in [0.29, 0.717) is 13.0 Å². The van der Waals surface area contributed by atoms with Crippen LogP contribution in [0.4, 0.5) is 0 Å². The van der Waals surface area contributed by atoms with Crippen molar-refractivity contribution >= 4 is 9.84 Å². The molecule has 0 aliphatic heterocycles. The van der Waals surface area contributed by atoms with Crippen molar-refractivity contribution in [3.8, 4) is 0 Å². The first kappa shape index (κ1) is 15.9. The smallest absolute Gasteiger partial charge is 0.155 e. The lowest BCUT2D eigenvalue weighted by atomic mass is 9.99. The maximum Gasteiger partial charge on any atom is 0.155 e. The fourth-order valence-electron chi connectivity index (χ4n) is 1.18. The quantitative estimate of drug-likeness (QED) is 0.737. The fraction of sp³-hybridized carbons (Fsp3) is 1.00. The van der Waals surface area contributed by atoms with E-state index in [-0.39, 0.29) is 12.2 Å². The first-order chi connectivity index (χ1) is 7.02. The lowest BCUT2D eigenvalue weighted by molar-refractivity contribution is 0.0484. The third-order valence-electron chi connectivity index (χ3n) is 2.76. The number of rotatable bonds is 6. The molecule has 0 fully saturated rings. The maximum atomic E-state index is 11.8. The summed E-state index contributed by atoms with van der Waals surface area (Å²) in [4.78, 5) is 0. The van der Waals surface area contributed by atoms with E-state index in [1.165, 1.54) is 0 Å². The lowest BCUT2D eigenvalue weighted by Crippen LogP contribution is -2.36. The predicted octanol–water partition coefficient (Wildman–Crippen LogP) is 0.950. The van der Waals surface area contributed by atoms with Crippen molar-refractivity contribution < 1.29 is 13.5 Å². The molecule has 0 saturated carbocycles. The second-order valence-electron chi connectivity index (χ2n) is 5.53. The topological polar surface area (TPSA) is 66.4 Å². The molecule has 0 radical (unpaired) electrons. The van der Waals surface area contributed by atoms with Crippen LogP contribution in [0.3, 0.4) is 0 Å². The Morgan fingerprint density at radius 2 is 1.62 bits per heavy atom. The highest BCUT2D eigenvalue weighted by Gasteiger charge is 2.31. The molecule has 0 rings (SSSR count). The van der Waals surface area contributed by atoms with Crippen LogP contribution < -0.4 is 5.32 Å². The van der Waals surface area contributed by atoms with Crippen LogP contribution in [0.15, 0.2) is 0 Å². The summed E-state index contributed by atoms with van der Waals surface area (Å²) < 4.78 is 22.9. The molecule has 0 saturated heterocycles. The van der Waals surface area contributed by atoms with E-state index in [1.807, 2.05) is 7.05 Å². The number of nitrogens with one attached hydrogen (secondary N) is 1. The number of aliphatic hydroxyl groups is 1. The van der Waals surface area contributed by atoms with Gasteiger partial charge in [0.25, 0.3) is 0 Å². The van der Waals surface area contributed by atoms with Gasteiger partial charge in [0.05, 0.1) is 16.1 Å². The highest BCUT2D eigenvalue weighted by atomic mass is 32.2. The minimum Gasteiger partial charge on any atom is -0.390 e. The molecule has 0 aromatic rings. The largest absolute Gasteiger partial charge is 0.390 e. The highest BCUT2D eigenvalue weighted by Crippen LogP contribution is 2.21. The van der Waals surface area contributed by atoms with Gasteiger partial charge in [-0.3, -0.25) is 0 Å². The SMILES string of the molecule is CNCCC(C)(O)CCS(=O)(=O)C(C)(C)C. The van der Waals surface area contributed by atoms with Gasteiger partial charge < -0.3 is 10.4 Å². The van der Waals surface area contributed by atoms with Crippen molar-refractivity contribution in [1.82, 2.24) is 5.32 Å². The summed E-state index contributed by atoms with van der Waals surface area (Å²) in [5.74, 6) is 0.0349. The zero-order valence-electron chi connectivity index (χ0n) is 11.0. The van der Waals surface area contributed by atoms with Gasteiger partial charge >= 0.3 is 0 Å². The monoisotopic (exact) mass is 251 g/mol. The third-order valence-corrected chi connectivity index (χ3v) is 5.36. The Balaban J connectivity index is 4.35. The van der Waals surface area contributed by atoms with Crippen LogP contribution in [-0.2, 0) is 9.84 Å². The average molecular weight is 251 g/mol. The molecule has 5 heteroatoms. The summed E-state index contributed by atoms with van der Waals surface area (Å²) in [5.41, 5.74) is -0.915. The van der Waals surface area contributed by atoms with E-state index in [4.69, 9.17) is 0 Å². The normalized spacial score (nSPS) is 17.1. The van der Waals surface area contributed by atoms with E-state index in [1.54, 1.807) is 27.7 Å². The molecule has 1 atom stereocenters. The number of hydrogen-bond donors (Lipinski definition) is 2. The van der Waals surface area contributed by atoms with Crippen LogP contribution in [0.2, 0.25) is 0 Å². The molecule has 1 unspecified atom stereocenters. The second kappa shape index (κ2) is 5.47. The summed E-state index contributed by atoms with van der Waals surface area (Å²) in [5, 5.41) is 12.9. The molecule has 0 aliphatic carbocycles. The number of sulfone groups is 1. The van der Waals surface area contributed by atoms with Crippen LogP contribution in [0.1, 0.15) is 40.5 Å². The Morgan fingerprint density at radius 3 is 2.00 bits per heavy atom. The van der Waals surface area contributed by atoms with Crippen molar-refractivity contribution in [3.05, 3.63) is 0 Å². The van der Waals surface area contributed by atoms with Crippen molar-refractivity contribution in [1.29, 1.82) is 0 Å². The van der Waals surface area contributed by atoms with E-state index >= 15 is 0 Å². The van der Waals surface area contributed by atoms with Gasteiger partial charge in [0.15, 0.2) is 9.84 Å². The van der Waals surface area contributed by atoms with Gasteiger partial charge in [0, 0.05) is 0 Å². The van der Waals surface area contributed by atoms with Crippen molar-refractivity contribution in [3.63, 3.8) is 0 Å². The van der Waals surface area contributed by atoms with Gasteiger partial charge in [0.2, 0.25) is 0 Å². The molecule has 98 valence electrons. The molecule has 0 aromatic carbocycles. The fourth-order valence-corrected chi connectivity index (χ4v) is 2.50. The zero-order chi connectivity index (χ0) is 13.0. The lowest BCUT2D eigenvalue weighted by Gasteiger charge is -2.26. The Labute approximate surface area is 99.4 Å². The average Bonchev–Trinajstić information content (AvgIpc) is 2.10. The summed E-state index contributed by atoms with van der Waals surface area (Å²) in [6, 6.07) is 0. The third kappa shape index (κ3) is 5.27. The Hall–Kier alpha value is -0.130. The van der Waals surface area contributed by atoms with Crippen molar-refractivity contribution in [2.75, 3.05) is 19.3 Å². The van der Waals surface area contributed by atoms with Crippen molar-refractivity contribution in [2.24, 2.45) is 0 Å². The minimum atomic E-state index is -3.14. The van der Waals surface area contributed by atoms with E-state index in [0.717, 1.165) is 0 Å². The van der Waals surface area contributed by atoms with Crippen molar-refractivity contribution in [2.45, 2.75) is 50.9 Å². The molecule has 0 aromatic heterocycles. The van der Waals surface area contributed by atoms with Crippen LogP contribution in [0, 0.1) is 0 Å². The van der Waals surface area contributed by atoms with Crippen LogP contribution in [0.25, 0.3) is 0 Å². The van der Waals surface area contributed by atoms with Crippen LogP contribution in [0.5, 0.6) is 0 Å². The van der Waals surface area contributed by atoms with Crippen LogP contribution >= 0.6 is 0 Å². The van der Waals surface area contributed by atoms with E-state index in [9.17, 15) is 13.5 Å². The molecule has 0 bridgehead atoms. The molecule has 4 nitrogen and oxygen atoms in total. The van der Waals surface area contributed by atoms with Gasteiger partial charge in [-0.15, -0.1) is 0 Å². The summed E-state index contributed by atoms with van der Waals surface area (Å²) in [7, 11) is -1.33. The van der Waals surface area contributed by atoms with E-state index in [2.05, 4.69) is 5.32 Å². The van der Waals surface area contributed by atoms with Gasteiger partial charge in [0.1, 0.15) is 0 Å². The van der Waals surface area contributed by atoms with Gasteiger partial charge in [-0.1, -0.05) is 0 Å². The van der Waals surface area contributed by atoms with Crippen LogP contribution in [-0.4, -0.2) is 43.2 Å². The zero-order valence-corrected chi connectivity index (χ0v) is 11.8. The summed E-state index contributed by atoms with van der Waals surface area (Å²) in [6.07, 6.45) is 0.845. The van der Waals surface area contributed by atoms with Gasteiger partial charge in [-0.25, -0.2) is 8.42 Å². The molecular formula is C11H25NO3S. The highest BCUT2D eigenvalue weighted by molar-refractivity contribution is 7.92. The number of hydrogen-bond acceptors (Lipinski definition) is 4. The molecule has 16 heavy (non-hydrogen) atoms. The Morgan fingerprint density at radius 1 is 1.12 bits per heavy atom. The standard InChI is InChI=1S/C11H25NO3S/c1-10(2,3)16(14,15)9-7-11(4,13)6-8-12-5/h12-13H,6-9H2,1-5H3. The molecule has 0 aliphatic rings. The first-order valence-electron chi connectivity index (χ1n) is 5.61. The molecular weight excluding hydrogens is 226 g/mol. The maximum absolute atomic E-state index is 11.8. The summed E-state index contributed by atoms with van der Waals surface area (Å²) in [6.45, 7) is 7.42. The summed E-state index contributed by atoms with van der Waals surface area (Å²) >= 11 is 0.